The highest BCUT2D eigenvalue weighted by molar-refractivity contribution is 5.93. The fraction of sp³-hybridized carbons (Fsp3) is 0.281. The number of esters is 1. The van der Waals surface area contributed by atoms with E-state index in [2.05, 4.69) is 5.32 Å². The third-order valence-corrected chi connectivity index (χ3v) is 7.15. The number of methoxy groups -OCH3 is 2. The Hall–Kier alpha value is -4.59. The second-order valence-corrected chi connectivity index (χ2v) is 9.99. The van der Waals surface area contributed by atoms with Crippen molar-refractivity contribution in [1.82, 2.24) is 9.78 Å². The number of rotatable bonds is 8. The van der Waals surface area contributed by atoms with E-state index in [1.54, 1.807) is 18.9 Å². The maximum atomic E-state index is 12.7. The summed E-state index contributed by atoms with van der Waals surface area (Å²) in [6.07, 6.45) is 4.06. The standard InChI is InChI=1S/C32H33N3O5/c1-20-8-7-11-26(18-20)35-32(40-21(2)36)29(30(34-35)24-14-17-27(38-3)28(19-24)39-4)22-12-15-25(16-13-22)33-31(37)23-9-5-6-10-23/h7-8,11-19,23H,5-6,9-10H2,1-4H3,(H,33,37). The highest BCUT2D eigenvalue weighted by atomic mass is 16.5. The van der Waals surface area contributed by atoms with Crippen LogP contribution in [0.25, 0.3) is 28.1 Å². The van der Waals surface area contributed by atoms with Gasteiger partial charge in [-0.05, 0) is 73.4 Å². The van der Waals surface area contributed by atoms with Crippen LogP contribution < -0.4 is 19.5 Å². The number of aryl methyl sites for hydroxylation is 1. The molecule has 0 saturated heterocycles. The lowest BCUT2D eigenvalue weighted by molar-refractivity contribution is -0.132. The normalized spacial score (nSPS) is 13.2. The van der Waals surface area contributed by atoms with Crippen LogP contribution in [0.5, 0.6) is 17.4 Å². The number of ether oxygens (including phenoxy) is 3. The molecule has 0 unspecified atom stereocenters. The highest BCUT2D eigenvalue weighted by Gasteiger charge is 2.26. The first-order valence-corrected chi connectivity index (χ1v) is 13.4. The van der Waals surface area contributed by atoms with Gasteiger partial charge in [-0.1, -0.05) is 37.1 Å². The second kappa shape index (κ2) is 11.7. The number of amides is 1. The third-order valence-electron chi connectivity index (χ3n) is 7.15. The Balaban J connectivity index is 1.65. The number of anilines is 1. The number of benzene rings is 3. The van der Waals surface area contributed by atoms with Gasteiger partial charge in [-0.2, -0.15) is 9.78 Å². The Morgan fingerprint density at radius 3 is 2.25 bits per heavy atom. The van der Waals surface area contributed by atoms with Crippen molar-refractivity contribution in [3.05, 3.63) is 72.3 Å². The first-order valence-electron chi connectivity index (χ1n) is 13.4. The minimum absolute atomic E-state index is 0.0594. The van der Waals surface area contributed by atoms with Crippen molar-refractivity contribution in [2.45, 2.75) is 39.5 Å². The summed E-state index contributed by atoms with van der Waals surface area (Å²) in [6, 6.07) is 20.9. The van der Waals surface area contributed by atoms with Crippen molar-refractivity contribution in [3.8, 4) is 45.5 Å². The van der Waals surface area contributed by atoms with E-state index < -0.39 is 5.97 Å². The number of carbonyl (C=O) groups excluding carboxylic acids is 2. The topological polar surface area (TPSA) is 91.7 Å². The van der Waals surface area contributed by atoms with Gasteiger partial charge in [-0.3, -0.25) is 9.59 Å². The smallest absolute Gasteiger partial charge is 0.309 e. The number of nitrogens with one attached hydrogen (secondary N) is 1. The fourth-order valence-corrected chi connectivity index (χ4v) is 5.17. The van der Waals surface area contributed by atoms with Crippen molar-refractivity contribution in [2.75, 3.05) is 19.5 Å². The molecule has 3 aromatic carbocycles. The van der Waals surface area contributed by atoms with Gasteiger partial charge in [0.25, 0.3) is 0 Å². The molecule has 4 aromatic rings. The molecule has 0 spiro atoms. The molecule has 8 heteroatoms. The zero-order valence-corrected chi connectivity index (χ0v) is 23.2. The average molecular weight is 540 g/mol. The largest absolute Gasteiger partial charge is 0.493 e. The van der Waals surface area contributed by atoms with Crippen LogP contribution in [0.4, 0.5) is 5.69 Å². The molecule has 206 valence electrons. The first kappa shape index (κ1) is 27.0. The van der Waals surface area contributed by atoms with E-state index >= 15 is 0 Å². The Labute approximate surface area is 233 Å². The molecule has 1 amide bonds. The van der Waals surface area contributed by atoms with E-state index in [0.29, 0.717) is 34.3 Å². The molecule has 0 aliphatic heterocycles. The average Bonchev–Trinajstić information content (AvgIpc) is 3.62. The minimum atomic E-state index is -0.464. The van der Waals surface area contributed by atoms with Crippen molar-refractivity contribution in [3.63, 3.8) is 0 Å². The summed E-state index contributed by atoms with van der Waals surface area (Å²) in [5.74, 6) is 1.10. The van der Waals surface area contributed by atoms with Gasteiger partial charge in [0.2, 0.25) is 11.8 Å². The van der Waals surface area contributed by atoms with Gasteiger partial charge in [0.15, 0.2) is 11.5 Å². The summed E-state index contributed by atoms with van der Waals surface area (Å²) < 4.78 is 18.5. The number of nitrogens with zero attached hydrogens (tertiary/aromatic N) is 2. The van der Waals surface area contributed by atoms with E-state index in [-0.39, 0.29) is 11.8 Å². The van der Waals surface area contributed by atoms with Crippen LogP contribution in [0.3, 0.4) is 0 Å². The van der Waals surface area contributed by atoms with Crippen LogP contribution in [0, 0.1) is 12.8 Å². The molecular formula is C32H33N3O5. The lowest BCUT2D eigenvalue weighted by Gasteiger charge is -2.12. The van der Waals surface area contributed by atoms with Crippen LogP contribution in [0.1, 0.15) is 38.2 Å². The van der Waals surface area contributed by atoms with E-state index in [0.717, 1.165) is 48.1 Å². The molecule has 1 aliphatic rings. The second-order valence-electron chi connectivity index (χ2n) is 9.99. The quantitative estimate of drug-likeness (QED) is 0.254. The van der Waals surface area contributed by atoms with Gasteiger partial charge in [-0.15, -0.1) is 0 Å². The maximum absolute atomic E-state index is 12.7. The predicted molar refractivity (Wildman–Crippen MR) is 154 cm³/mol. The first-order chi connectivity index (χ1) is 19.4. The van der Waals surface area contributed by atoms with Gasteiger partial charge < -0.3 is 19.5 Å². The van der Waals surface area contributed by atoms with Crippen LogP contribution in [0.15, 0.2) is 66.7 Å². The molecule has 1 N–H and O–H groups in total. The van der Waals surface area contributed by atoms with Crippen molar-refractivity contribution >= 4 is 17.6 Å². The molecule has 1 aliphatic carbocycles. The van der Waals surface area contributed by atoms with Gasteiger partial charge >= 0.3 is 5.97 Å². The predicted octanol–water partition coefficient (Wildman–Crippen LogP) is 6.59. The van der Waals surface area contributed by atoms with E-state index in [1.807, 2.05) is 73.7 Å². The zero-order chi connectivity index (χ0) is 28.2. The van der Waals surface area contributed by atoms with Crippen molar-refractivity contribution in [1.29, 1.82) is 0 Å². The van der Waals surface area contributed by atoms with Crippen LogP contribution in [0.2, 0.25) is 0 Å². The SMILES string of the molecule is COc1ccc(-c2nn(-c3cccc(C)c3)c(OC(C)=O)c2-c2ccc(NC(=O)C3CCCC3)cc2)cc1OC. The highest BCUT2D eigenvalue weighted by Crippen LogP contribution is 2.43. The van der Waals surface area contributed by atoms with Crippen molar-refractivity contribution < 1.29 is 23.8 Å². The summed E-state index contributed by atoms with van der Waals surface area (Å²) in [4.78, 5) is 25.0. The van der Waals surface area contributed by atoms with E-state index in [4.69, 9.17) is 19.3 Å². The molecule has 0 bridgehead atoms. The summed E-state index contributed by atoms with van der Waals surface area (Å²) in [5.41, 5.74) is 5.28. The van der Waals surface area contributed by atoms with E-state index in [1.165, 1.54) is 6.92 Å². The third kappa shape index (κ3) is 5.57. The van der Waals surface area contributed by atoms with Gasteiger partial charge in [-0.25, -0.2) is 0 Å². The number of hydrogen-bond donors (Lipinski definition) is 1. The molecule has 40 heavy (non-hydrogen) atoms. The summed E-state index contributed by atoms with van der Waals surface area (Å²) >= 11 is 0. The van der Waals surface area contributed by atoms with Gasteiger partial charge in [0.05, 0.1) is 25.5 Å². The van der Waals surface area contributed by atoms with Gasteiger partial charge in [0.1, 0.15) is 5.69 Å². The van der Waals surface area contributed by atoms with Crippen LogP contribution in [-0.4, -0.2) is 35.9 Å². The minimum Gasteiger partial charge on any atom is -0.493 e. The molecule has 0 atom stereocenters. The molecule has 5 rings (SSSR count). The van der Waals surface area contributed by atoms with Crippen LogP contribution in [-0.2, 0) is 9.59 Å². The Kier molecular flexibility index (Phi) is 7.86. The zero-order valence-electron chi connectivity index (χ0n) is 23.2. The maximum Gasteiger partial charge on any atom is 0.309 e. The lowest BCUT2D eigenvalue weighted by Crippen LogP contribution is -2.20. The monoisotopic (exact) mass is 539 g/mol. The number of hydrogen-bond acceptors (Lipinski definition) is 6. The number of carbonyl (C=O) groups is 2. The molecule has 8 nitrogen and oxygen atoms in total. The molecule has 1 heterocycles. The fourth-order valence-electron chi connectivity index (χ4n) is 5.17. The molecule has 1 fully saturated rings. The van der Waals surface area contributed by atoms with E-state index in [9.17, 15) is 9.59 Å². The van der Waals surface area contributed by atoms with Gasteiger partial charge in [0, 0.05) is 24.1 Å². The lowest BCUT2D eigenvalue weighted by atomic mass is 10.00. The molecule has 1 saturated carbocycles. The molecular weight excluding hydrogens is 506 g/mol. The number of aromatic nitrogens is 2. The molecule has 1 aromatic heterocycles. The summed E-state index contributed by atoms with van der Waals surface area (Å²) in [6.45, 7) is 3.36. The van der Waals surface area contributed by atoms with Crippen molar-refractivity contribution in [2.24, 2.45) is 5.92 Å². The van der Waals surface area contributed by atoms with Crippen LogP contribution >= 0.6 is 0 Å². The Bertz CT molecular complexity index is 1530. The summed E-state index contributed by atoms with van der Waals surface area (Å²) in [7, 11) is 3.16. The molecule has 0 radical (unpaired) electrons. The summed E-state index contributed by atoms with van der Waals surface area (Å²) in [5, 5.41) is 7.99. The Morgan fingerprint density at radius 1 is 0.900 bits per heavy atom. The Morgan fingerprint density at radius 2 is 1.60 bits per heavy atom.